The Balaban J connectivity index is 1.87. The molecule has 0 saturated carbocycles. The highest BCUT2D eigenvalue weighted by Gasteiger charge is 2.20. The van der Waals surface area contributed by atoms with E-state index in [1.165, 1.54) is 37.3 Å². The molecule has 0 saturated heterocycles. The fourth-order valence-corrected chi connectivity index (χ4v) is 3.49. The molecule has 0 radical (unpaired) electrons. The van der Waals surface area contributed by atoms with Crippen LogP contribution in [-0.2, 0) is 10.2 Å². The van der Waals surface area contributed by atoms with Gasteiger partial charge in [0.15, 0.2) is 0 Å². The summed E-state index contributed by atoms with van der Waals surface area (Å²) in [5.41, 5.74) is 3.02. The second kappa shape index (κ2) is 9.20. The van der Waals surface area contributed by atoms with Crippen molar-refractivity contribution in [3.8, 4) is 5.75 Å². The van der Waals surface area contributed by atoms with Gasteiger partial charge in [0.05, 0.1) is 27.7 Å². The number of nitrogens with zero attached hydrogens (tertiary/aromatic N) is 5. The van der Waals surface area contributed by atoms with Crippen LogP contribution in [-0.4, -0.2) is 18.4 Å². The van der Waals surface area contributed by atoms with Crippen molar-refractivity contribution in [1.29, 1.82) is 0 Å². The topological polar surface area (TPSA) is 147 Å². The molecule has 3 aromatic carbocycles. The molecule has 1 N–H and O–H groups in total. The summed E-state index contributed by atoms with van der Waals surface area (Å²) < 4.78 is 35.9. The third-order valence-corrected chi connectivity index (χ3v) is 5.47. The summed E-state index contributed by atoms with van der Waals surface area (Å²) in [5.74, 6) is -0.675. The zero-order valence-electron chi connectivity index (χ0n) is 17.7. The summed E-state index contributed by atoms with van der Waals surface area (Å²) in [4.78, 5) is 9.35. The number of halogens is 1. The van der Waals surface area contributed by atoms with Gasteiger partial charge in [0, 0.05) is 12.1 Å². The van der Waals surface area contributed by atoms with Crippen LogP contribution < -0.4 is 0 Å². The Labute approximate surface area is 188 Å². The highest BCUT2D eigenvalue weighted by molar-refractivity contribution is 7.86. The van der Waals surface area contributed by atoms with Gasteiger partial charge in [-0.3, -0.25) is 10.1 Å². The van der Waals surface area contributed by atoms with Crippen LogP contribution >= 0.6 is 0 Å². The van der Waals surface area contributed by atoms with E-state index in [-0.39, 0.29) is 16.9 Å². The molecule has 3 aromatic rings. The molecule has 0 aliphatic heterocycles. The quantitative estimate of drug-likeness (QED) is 0.183. The Kier molecular flexibility index (Phi) is 6.58. The molecular formula is C21H18FN5O5S. The average Bonchev–Trinajstić information content (AvgIpc) is 2.74. The van der Waals surface area contributed by atoms with Gasteiger partial charge in [-0.05, 0) is 73.9 Å². The van der Waals surface area contributed by atoms with Crippen molar-refractivity contribution in [1.82, 2.24) is 0 Å². The number of rotatable bonds is 6. The minimum absolute atomic E-state index is 0.0456. The zero-order valence-corrected chi connectivity index (χ0v) is 18.5. The fraction of sp³-hybridized carbons (Fsp3) is 0.143. The van der Waals surface area contributed by atoms with Gasteiger partial charge in [-0.1, -0.05) is 0 Å². The van der Waals surface area contributed by atoms with E-state index in [0.717, 1.165) is 6.07 Å². The Morgan fingerprint density at radius 3 is 1.82 bits per heavy atom. The lowest BCUT2D eigenvalue weighted by molar-refractivity contribution is -0.384. The molecule has 0 heterocycles. The van der Waals surface area contributed by atoms with Crippen molar-refractivity contribution in [3.63, 3.8) is 0 Å². The van der Waals surface area contributed by atoms with Gasteiger partial charge >= 0.3 is 10.2 Å². The number of phenolic OH excluding ortho intramolecular Hbond substituents is 1. The number of non-ortho nitro benzene ring substituents is 1. The van der Waals surface area contributed by atoms with E-state index in [4.69, 9.17) is 0 Å². The van der Waals surface area contributed by atoms with E-state index >= 15 is 0 Å². The van der Waals surface area contributed by atoms with E-state index in [9.17, 15) is 27.5 Å². The summed E-state index contributed by atoms with van der Waals surface area (Å²) in [7, 11) is -5.13. The van der Waals surface area contributed by atoms with Crippen LogP contribution in [0.15, 0.2) is 73.9 Å². The second-order valence-corrected chi connectivity index (χ2v) is 8.46. The van der Waals surface area contributed by atoms with Gasteiger partial charge in [-0.2, -0.15) is 28.9 Å². The molecule has 0 aliphatic carbocycles. The van der Waals surface area contributed by atoms with Crippen molar-refractivity contribution in [3.05, 3.63) is 75.3 Å². The van der Waals surface area contributed by atoms with Crippen LogP contribution in [0.5, 0.6) is 5.75 Å². The SMILES string of the molecule is Cc1cc(N=Nc2cc(C)c(O)c(S(=O)(=O)F)c2)c(C)cc1N=Nc1ccc([N+](=O)[O-])cc1. The Bertz CT molecular complexity index is 1400. The normalized spacial score (nSPS) is 12.0. The maximum absolute atomic E-state index is 13.4. The summed E-state index contributed by atoms with van der Waals surface area (Å²) >= 11 is 0. The number of hydrogen-bond donors (Lipinski definition) is 1. The highest BCUT2D eigenvalue weighted by atomic mass is 32.3. The third-order valence-electron chi connectivity index (χ3n) is 4.63. The summed E-state index contributed by atoms with van der Waals surface area (Å²) in [6.45, 7) is 4.96. The minimum Gasteiger partial charge on any atom is -0.506 e. The Morgan fingerprint density at radius 2 is 1.33 bits per heavy atom. The predicted molar refractivity (Wildman–Crippen MR) is 119 cm³/mol. The van der Waals surface area contributed by atoms with Crippen molar-refractivity contribution in [2.24, 2.45) is 20.5 Å². The first-order valence-electron chi connectivity index (χ1n) is 9.43. The van der Waals surface area contributed by atoms with Crippen molar-refractivity contribution in [2.45, 2.75) is 25.7 Å². The van der Waals surface area contributed by atoms with Crippen LogP contribution in [0, 0.1) is 30.9 Å². The number of aryl methyl sites for hydroxylation is 3. The van der Waals surface area contributed by atoms with Crippen molar-refractivity contribution in [2.75, 3.05) is 0 Å². The summed E-state index contributed by atoms with van der Waals surface area (Å²) in [6.07, 6.45) is 0. The van der Waals surface area contributed by atoms with E-state index in [2.05, 4.69) is 20.5 Å². The molecule has 0 amide bonds. The molecule has 10 nitrogen and oxygen atoms in total. The van der Waals surface area contributed by atoms with Gasteiger partial charge in [0.1, 0.15) is 10.6 Å². The minimum atomic E-state index is -5.13. The number of phenols is 1. The maximum Gasteiger partial charge on any atom is 0.335 e. The summed E-state index contributed by atoms with van der Waals surface area (Å²) in [5, 5.41) is 36.8. The number of aromatic hydroxyl groups is 1. The molecule has 0 aromatic heterocycles. The van der Waals surface area contributed by atoms with E-state index in [0.29, 0.717) is 28.2 Å². The Morgan fingerprint density at radius 1 is 0.818 bits per heavy atom. The van der Waals surface area contributed by atoms with E-state index < -0.39 is 25.8 Å². The maximum atomic E-state index is 13.4. The van der Waals surface area contributed by atoms with E-state index in [1.807, 2.05) is 0 Å². The standard InChI is InChI=1S/C21H18FN5O5S/c1-12-10-19(26-24-16-8-14(3)21(28)20(11-16)33(22,31)32)13(2)9-18(12)25-23-15-4-6-17(7-5-15)27(29)30/h4-11,28H,1-3H3. The number of azo groups is 2. The number of nitro groups is 1. The predicted octanol–water partition coefficient (Wildman–Crippen LogP) is 6.71. The molecule has 0 aliphatic rings. The highest BCUT2D eigenvalue weighted by Crippen LogP contribution is 2.35. The monoisotopic (exact) mass is 471 g/mol. The molecule has 0 fully saturated rings. The molecule has 12 heteroatoms. The van der Waals surface area contributed by atoms with Crippen LogP contribution in [0.2, 0.25) is 0 Å². The number of hydrogen-bond acceptors (Lipinski definition) is 9. The first-order valence-corrected chi connectivity index (χ1v) is 10.8. The molecule has 170 valence electrons. The number of nitro benzene ring substituents is 1. The van der Waals surface area contributed by atoms with Crippen molar-refractivity contribution < 1.29 is 22.3 Å². The summed E-state index contributed by atoms with van der Waals surface area (Å²) in [6, 6.07) is 11.3. The molecule has 0 unspecified atom stereocenters. The zero-order chi connectivity index (χ0) is 24.3. The molecule has 3 rings (SSSR count). The van der Waals surface area contributed by atoms with Crippen LogP contribution in [0.3, 0.4) is 0 Å². The van der Waals surface area contributed by atoms with Gasteiger partial charge in [-0.25, -0.2) is 0 Å². The second-order valence-electron chi connectivity index (χ2n) is 7.15. The molecular weight excluding hydrogens is 453 g/mol. The molecule has 0 bridgehead atoms. The van der Waals surface area contributed by atoms with Crippen LogP contribution in [0.4, 0.5) is 32.3 Å². The Hall–Kier alpha value is -4.06. The first kappa shape index (κ1) is 23.6. The molecule has 33 heavy (non-hydrogen) atoms. The van der Waals surface area contributed by atoms with E-state index in [1.54, 1.807) is 26.0 Å². The largest absolute Gasteiger partial charge is 0.506 e. The van der Waals surface area contributed by atoms with Gasteiger partial charge in [0.2, 0.25) is 0 Å². The van der Waals surface area contributed by atoms with Crippen LogP contribution in [0.1, 0.15) is 16.7 Å². The van der Waals surface area contributed by atoms with Gasteiger partial charge < -0.3 is 5.11 Å². The van der Waals surface area contributed by atoms with Gasteiger partial charge in [-0.15, -0.1) is 3.89 Å². The lowest BCUT2D eigenvalue weighted by atomic mass is 10.1. The van der Waals surface area contributed by atoms with Gasteiger partial charge in [0.25, 0.3) is 5.69 Å². The average molecular weight is 471 g/mol. The fourth-order valence-electron chi connectivity index (χ4n) is 2.84. The number of benzene rings is 3. The van der Waals surface area contributed by atoms with Crippen molar-refractivity contribution >= 4 is 38.7 Å². The first-order chi connectivity index (χ1) is 15.5. The lowest BCUT2D eigenvalue weighted by Crippen LogP contribution is -1.94. The molecule has 0 spiro atoms. The van der Waals surface area contributed by atoms with Crippen LogP contribution in [0.25, 0.3) is 0 Å². The lowest BCUT2D eigenvalue weighted by Gasteiger charge is -2.06. The third kappa shape index (κ3) is 5.60. The smallest absolute Gasteiger partial charge is 0.335 e. The molecule has 0 atom stereocenters.